The molecule has 0 N–H and O–H groups in total. The number of benzene rings is 1. The third-order valence-corrected chi connectivity index (χ3v) is 5.57. The molecule has 7 heteroatoms. The van der Waals surface area contributed by atoms with E-state index >= 15 is 0 Å². The van der Waals surface area contributed by atoms with E-state index < -0.39 is 0 Å². The number of aryl methyl sites for hydroxylation is 2. The highest BCUT2D eigenvalue weighted by atomic mass is 32.1. The minimum Gasteiger partial charge on any atom is -0.302 e. The summed E-state index contributed by atoms with van der Waals surface area (Å²) in [4.78, 5) is 22.0. The van der Waals surface area contributed by atoms with Crippen LogP contribution in [0.2, 0.25) is 0 Å². The Hall–Kier alpha value is -2.25. The third kappa shape index (κ3) is 3.78. The van der Waals surface area contributed by atoms with Crippen molar-refractivity contribution in [2.24, 2.45) is 7.05 Å². The van der Waals surface area contributed by atoms with Crippen LogP contribution in [0.5, 0.6) is 0 Å². The van der Waals surface area contributed by atoms with Crippen molar-refractivity contribution in [3.8, 4) is 0 Å². The first-order chi connectivity index (χ1) is 12.5. The number of para-hydroxylation sites is 1. The molecule has 3 aromatic rings. The normalized spacial score (nSPS) is 11.4. The molecule has 0 spiro atoms. The van der Waals surface area contributed by atoms with E-state index in [-0.39, 0.29) is 5.91 Å². The first-order valence-corrected chi connectivity index (χ1v) is 9.75. The molecular weight excluding hydrogens is 346 g/mol. The molecule has 0 saturated heterocycles. The summed E-state index contributed by atoms with van der Waals surface area (Å²) in [6.07, 6.45) is 1.87. The van der Waals surface area contributed by atoms with Crippen LogP contribution in [0.25, 0.3) is 10.2 Å². The fourth-order valence-electron chi connectivity index (χ4n) is 2.99. The lowest BCUT2D eigenvalue weighted by Gasteiger charge is -2.24. The molecule has 1 aromatic carbocycles. The van der Waals surface area contributed by atoms with Crippen LogP contribution in [-0.4, -0.2) is 51.8 Å². The van der Waals surface area contributed by atoms with Crippen LogP contribution in [0.1, 0.15) is 29.9 Å². The Bertz CT molecular complexity index is 863. The number of hydrogen-bond acceptors (Lipinski definition) is 5. The van der Waals surface area contributed by atoms with Gasteiger partial charge in [0.2, 0.25) is 0 Å². The van der Waals surface area contributed by atoms with Gasteiger partial charge in [-0.2, -0.15) is 5.10 Å². The quantitative estimate of drug-likeness (QED) is 0.639. The Kier molecular flexibility index (Phi) is 5.68. The van der Waals surface area contributed by atoms with Gasteiger partial charge in [-0.15, -0.1) is 0 Å². The molecule has 3 rings (SSSR count). The molecule has 1 amide bonds. The Labute approximate surface area is 158 Å². The Morgan fingerprint density at radius 1 is 1.19 bits per heavy atom. The van der Waals surface area contributed by atoms with E-state index in [4.69, 9.17) is 4.98 Å². The zero-order valence-corrected chi connectivity index (χ0v) is 16.6. The van der Waals surface area contributed by atoms with Crippen molar-refractivity contribution in [2.45, 2.75) is 20.8 Å². The van der Waals surface area contributed by atoms with E-state index in [0.29, 0.717) is 12.2 Å². The number of fused-ring (bicyclic) bond motifs is 1. The van der Waals surface area contributed by atoms with Gasteiger partial charge >= 0.3 is 0 Å². The monoisotopic (exact) mass is 371 g/mol. The number of nitrogens with zero attached hydrogens (tertiary/aromatic N) is 5. The molecule has 0 bridgehead atoms. The Morgan fingerprint density at radius 2 is 1.92 bits per heavy atom. The summed E-state index contributed by atoms with van der Waals surface area (Å²) in [6.45, 7) is 9.51. The number of carbonyl (C=O) groups is 1. The summed E-state index contributed by atoms with van der Waals surface area (Å²) in [5.74, 6) is -0.0886. The van der Waals surface area contributed by atoms with Crippen LogP contribution >= 0.6 is 11.3 Å². The topological polar surface area (TPSA) is 54.3 Å². The fraction of sp³-hybridized carbons (Fsp3) is 0.421. The Balaban J connectivity index is 1.95. The van der Waals surface area contributed by atoms with E-state index in [1.807, 2.05) is 44.4 Å². The molecule has 0 atom stereocenters. The molecular formula is C19H25N5OS. The maximum atomic E-state index is 13.2. The number of likely N-dealkylation sites (N-methyl/N-ethyl adjacent to an activating group) is 1. The average molecular weight is 372 g/mol. The molecule has 0 saturated carbocycles. The lowest BCUT2D eigenvalue weighted by Crippen LogP contribution is -2.39. The molecule has 26 heavy (non-hydrogen) atoms. The number of hydrogen-bond donors (Lipinski definition) is 0. The molecule has 0 radical (unpaired) electrons. The van der Waals surface area contributed by atoms with Crippen molar-refractivity contribution in [3.63, 3.8) is 0 Å². The summed E-state index contributed by atoms with van der Waals surface area (Å²) >= 11 is 1.55. The molecule has 2 aromatic heterocycles. The molecule has 0 aliphatic rings. The lowest BCUT2D eigenvalue weighted by atomic mass is 10.2. The van der Waals surface area contributed by atoms with Gasteiger partial charge in [-0.25, -0.2) is 4.98 Å². The standard InChI is InChI=1S/C19H25N5OS/c1-5-23(6-2)11-12-24(18(25)17-14(3)13-22(4)21-17)19-20-15-9-7-8-10-16(15)26-19/h7-10,13H,5-6,11-12H2,1-4H3. The van der Waals surface area contributed by atoms with Gasteiger partial charge in [0.1, 0.15) is 0 Å². The summed E-state index contributed by atoms with van der Waals surface area (Å²) in [6, 6.07) is 7.98. The predicted molar refractivity (Wildman–Crippen MR) is 107 cm³/mol. The van der Waals surface area contributed by atoms with Gasteiger partial charge in [-0.05, 0) is 32.1 Å². The summed E-state index contributed by atoms with van der Waals surface area (Å²) < 4.78 is 2.77. The predicted octanol–water partition coefficient (Wildman–Crippen LogP) is 3.33. The van der Waals surface area contributed by atoms with E-state index in [9.17, 15) is 4.79 Å². The lowest BCUT2D eigenvalue weighted by molar-refractivity contribution is 0.0977. The minimum atomic E-state index is -0.0886. The number of aromatic nitrogens is 3. The highest BCUT2D eigenvalue weighted by Gasteiger charge is 2.25. The van der Waals surface area contributed by atoms with Crippen molar-refractivity contribution < 1.29 is 4.79 Å². The van der Waals surface area contributed by atoms with Gasteiger partial charge in [0, 0.05) is 31.9 Å². The number of carbonyl (C=O) groups excluding carboxylic acids is 1. The van der Waals surface area contributed by atoms with Gasteiger partial charge < -0.3 is 4.90 Å². The first kappa shape index (κ1) is 18.5. The number of rotatable bonds is 7. The van der Waals surface area contributed by atoms with Crippen molar-refractivity contribution in [3.05, 3.63) is 41.7 Å². The molecule has 6 nitrogen and oxygen atoms in total. The minimum absolute atomic E-state index is 0.0886. The van der Waals surface area contributed by atoms with Crippen molar-refractivity contribution in [1.29, 1.82) is 0 Å². The van der Waals surface area contributed by atoms with Gasteiger partial charge in [-0.3, -0.25) is 14.4 Å². The molecule has 2 heterocycles. The molecule has 0 unspecified atom stereocenters. The van der Waals surface area contributed by atoms with Crippen LogP contribution in [0, 0.1) is 6.92 Å². The van der Waals surface area contributed by atoms with Crippen molar-refractivity contribution in [2.75, 3.05) is 31.1 Å². The number of amides is 1. The van der Waals surface area contributed by atoms with Gasteiger partial charge in [0.15, 0.2) is 10.8 Å². The van der Waals surface area contributed by atoms with Crippen molar-refractivity contribution in [1.82, 2.24) is 19.7 Å². The van der Waals surface area contributed by atoms with E-state index in [1.54, 1.807) is 20.9 Å². The fourth-order valence-corrected chi connectivity index (χ4v) is 3.98. The van der Waals surface area contributed by atoms with E-state index in [1.165, 1.54) is 0 Å². The molecule has 0 aliphatic carbocycles. The number of thiazole rings is 1. The highest BCUT2D eigenvalue weighted by molar-refractivity contribution is 7.22. The largest absolute Gasteiger partial charge is 0.302 e. The van der Waals surface area contributed by atoms with E-state index in [0.717, 1.165) is 40.5 Å². The summed E-state index contributed by atoms with van der Waals surface area (Å²) in [5, 5.41) is 5.10. The first-order valence-electron chi connectivity index (χ1n) is 8.93. The van der Waals surface area contributed by atoms with Crippen LogP contribution in [0.3, 0.4) is 0 Å². The van der Waals surface area contributed by atoms with Gasteiger partial charge in [-0.1, -0.05) is 37.3 Å². The zero-order valence-electron chi connectivity index (χ0n) is 15.8. The van der Waals surface area contributed by atoms with Crippen LogP contribution < -0.4 is 4.90 Å². The summed E-state index contributed by atoms with van der Waals surface area (Å²) in [5.41, 5.74) is 2.30. The third-order valence-electron chi connectivity index (χ3n) is 4.51. The summed E-state index contributed by atoms with van der Waals surface area (Å²) in [7, 11) is 1.84. The average Bonchev–Trinajstić information content (AvgIpc) is 3.20. The smallest absolute Gasteiger partial charge is 0.280 e. The molecule has 138 valence electrons. The zero-order chi connectivity index (χ0) is 18.7. The maximum absolute atomic E-state index is 13.2. The Morgan fingerprint density at radius 3 is 2.54 bits per heavy atom. The highest BCUT2D eigenvalue weighted by Crippen LogP contribution is 2.29. The molecule has 0 fully saturated rings. The van der Waals surface area contributed by atoms with Gasteiger partial charge in [0.05, 0.1) is 10.2 Å². The molecule has 0 aliphatic heterocycles. The van der Waals surface area contributed by atoms with E-state index in [2.05, 4.69) is 23.8 Å². The second-order valence-electron chi connectivity index (χ2n) is 6.28. The van der Waals surface area contributed by atoms with Crippen LogP contribution in [-0.2, 0) is 7.05 Å². The second-order valence-corrected chi connectivity index (χ2v) is 7.29. The number of anilines is 1. The van der Waals surface area contributed by atoms with Crippen LogP contribution in [0.4, 0.5) is 5.13 Å². The van der Waals surface area contributed by atoms with Crippen LogP contribution in [0.15, 0.2) is 30.5 Å². The maximum Gasteiger partial charge on any atom is 0.280 e. The second kappa shape index (κ2) is 7.97. The SMILES string of the molecule is CCN(CC)CCN(C(=O)c1nn(C)cc1C)c1nc2ccccc2s1. The van der Waals surface area contributed by atoms with Gasteiger partial charge in [0.25, 0.3) is 5.91 Å². The van der Waals surface area contributed by atoms with Crippen molar-refractivity contribution >= 4 is 32.6 Å².